The first-order valence-electron chi connectivity index (χ1n) is 7.02. The van der Waals surface area contributed by atoms with Gasteiger partial charge >= 0.3 is 0 Å². The largest absolute Gasteiger partial charge is 0.484 e. The van der Waals surface area contributed by atoms with Gasteiger partial charge in [0.1, 0.15) is 5.75 Å². The molecule has 0 spiro atoms. The summed E-state index contributed by atoms with van der Waals surface area (Å²) in [7, 11) is 0. The van der Waals surface area contributed by atoms with Gasteiger partial charge < -0.3 is 10.1 Å². The Labute approximate surface area is 133 Å². The number of nitrogens with zero attached hydrogens (tertiary/aromatic N) is 2. The van der Waals surface area contributed by atoms with Crippen molar-refractivity contribution in [1.82, 2.24) is 4.98 Å². The number of benzene rings is 2. The molecule has 0 fully saturated rings. The Morgan fingerprint density at radius 2 is 2.09 bits per heavy atom. The van der Waals surface area contributed by atoms with Gasteiger partial charge in [-0.15, -0.1) is 0 Å². The zero-order chi connectivity index (χ0) is 16.1. The highest BCUT2D eigenvalue weighted by Gasteiger charge is 2.05. The lowest BCUT2D eigenvalue weighted by Gasteiger charge is -2.08. The molecule has 2 aromatic carbocycles. The van der Waals surface area contributed by atoms with E-state index in [1.807, 2.05) is 30.3 Å². The van der Waals surface area contributed by atoms with Gasteiger partial charge in [-0.1, -0.05) is 12.1 Å². The molecule has 5 nitrogen and oxygen atoms in total. The van der Waals surface area contributed by atoms with Crippen molar-refractivity contribution >= 4 is 22.5 Å². The van der Waals surface area contributed by atoms with E-state index in [9.17, 15) is 4.79 Å². The van der Waals surface area contributed by atoms with Crippen LogP contribution in [0.5, 0.6) is 5.75 Å². The number of hydrogen-bond acceptors (Lipinski definition) is 4. The third-order valence-corrected chi connectivity index (χ3v) is 3.22. The molecule has 0 aliphatic rings. The molecule has 3 rings (SSSR count). The number of rotatable bonds is 4. The Balaban J connectivity index is 1.62. The number of nitrogens with one attached hydrogen (secondary N) is 1. The molecule has 0 radical (unpaired) electrons. The molecular formula is C18H13N3O2. The molecule has 23 heavy (non-hydrogen) atoms. The number of carbonyl (C=O) groups excluding carboxylic acids is 1. The number of aromatic nitrogens is 1. The summed E-state index contributed by atoms with van der Waals surface area (Å²) in [6.45, 7) is -0.109. The lowest BCUT2D eigenvalue weighted by atomic mass is 10.2. The van der Waals surface area contributed by atoms with Gasteiger partial charge in [-0.05, 0) is 42.5 Å². The minimum Gasteiger partial charge on any atom is -0.484 e. The molecule has 1 amide bonds. The van der Waals surface area contributed by atoms with E-state index in [0.29, 0.717) is 17.0 Å². The van der Waals surface area contributed by atoms with Crippen molar-refractivity contribution in [1.29, 1.82) is 5.26 Å². The van der Waals surface area contributed by atoms with E-state index in [-0.39, 0.29) is 12.5 Å². The first kappa shape index (κ1) is 14.5. The Kier molecular flexibility index (Phi) is 4.16. The first-order valence-corrected chi connectivity index (χ1v) is 7.02. The summed E-state index contributed by atoms with van der Waals surface area (Å²) in [6.07, 6.45) is 1.73. The minimum absolute atomic E-state index is 0.109. The summed E-state index contributed by atoms with van der Waals surface area (Å²) in [6, 6.07) is 18.0. The SMILES string of the molecule is N#Cc1cccc(NC(=O)COc2ccc3ncccc3c2)c1. The van der Waals surface area contributed by atoms with Crippen molar-refractivity contribution in [2.24, 2.45) is 0 Å². The molecule has 0 atom stereocenters. The molecular weight excluding hydrogens is 290 g/mol. The maximum absolute atomic E-state index is 11.9. The summed E-state index contributed by atoms with van der Waals surface area (Å²) >= 11 is 0. The van der Waals surface area contributed by atoms with E-state index in [1.165, 1.54) is 0 Å². The van der Waals surface area contributed by atoms with Gasteiger partial charge in [-0.2, -0.15) is 5.26 Å². The van der Waals surface area contributed by atoms with Crippen LogP contribution in [0.1, 0.15) is 5.56 Å². The number of pyridine rings is 1. The Hall–Kier alpha value is -3.39. The summed E-state index contributed by atoms with van der Waals surface area (Å²) in [5.41, 5.74) is 1.93. The fourth-order valence-corrected chi connectivity index (χ4v) is 2.16. The summed E-state index contributed by atoms with van der Waals surface area (Å²) in [5, 5.41) is 12.5. The highest BCUT2D eigenvalue weighted by molar-refractivity contribution is 5.92. The van der Waals surface area contributed by atoms with Crippen LogP contribution in [0.2, 0.25) is 0 Å². The van der Waals surface area contributed by atoms with Gasteiger partial charge in [0.25, 0.3) is 5.91 Å². The fraction of sp³-hybridized carbons (Fsp3) is 0.0556. The average molecular weight is 303 g/mol. The highest BCUT2D eigenvalue weighted by atomic mass is 16.5. The molecule has 1 heterocycles. The second-order valence-corrected chi connectivity index (χ2v) is 4.89. The van der Waals surface area contributed by atoms with Crippen LogP contribution in [-0.4, -0.2) is 17.5 Å². The van der Waals surface area contributed by atoms with Gasteiger partial charge in [0.15, 0.2) is 6.61 Å². The first-order chi connectivity index (χ1) is 11.2. The zero-order valence-corrected chi connectivity index (χ0v) is 12.2. The number of anilines is 1. The predicted octanol–water partition coefficient (Wildman–Crippen LogP) is 3.12. The van der Waals surface area contributed by atoms with Crippen LogP contribution in [0.25, 0.3) is 10.9 Å². The van der Waals surface area contributed by atoms with Crippen LogP contribution >= 0.6 is 0 Å². The van der Waals surface area contributed by atoms with Crippen molar-refractivity contribution in [3.8, 4) is 11.8 Å². The van der Waals surface area contributed by atoms with Gasteiger partial charge in [-0.25, -0.2) is 0 Å². The van der Waals surface area contributed by atoms with Gasteiger partial charge in [0.05, 0.1) is 17.1 Å². The quantitative estimate of drug-likeness (QED) is 0.803. The summed E-state index contributed by atoms with van der Waals surface area (Å²) in [5.74, 6) is 0.317. The zero-order valence-electron chi connectivity index (χ0n) is 12.2. The van der Waals surface area contributed by atoms with Crippen molar-refractivity contribution < 1.29 is 9.53 Å². The van der Waals surface area contributed by atoms with Gasteiger partial charge in [-0.3, -0.25) is 9.78 Å². The smallest absolute Gasteiger partial charge is 0.262 e. The summed E-state index contributed by atoms with van der Waals surface area (Å²) < 4.78 is 5.50. The molecule has 1 N–H and O–H groups in total. The van der Waals surface area contributed by atoms with Crippen molar-refractivity contribution in [2.45, 2.75) is 0 Å². The minimum atomic E-state index is -0.286. The maximum Gasteiger partial charge on any atom is 0.262 e. The van der Waals surface area contributed by atoms with E-state index in [4.69, 9.17) is 10.00 Å². The molecule has 0 aliphatic carbocycles. The van der Waals surface area contributed by atoms with Crippen LogP contribution in [-0.2, 0) is 4.79 Å². The van der Waals surface area contributed by atoms with Crippen LogP contribution in [0.4, 0.5) is 5.69 Å². The number of carbonyl (C=O) groups is 1. The third-order valence-electron chi connectivity index (χ3n) is 3.22. The van der Waals surface area contributed by atoms with Crippen molar-refractivity contribution in [3.63, 3.8) is 0 Å². The molecule has 1 aromatic heterocycles. The second kappa shape index (κ2) is 6.58. The summed E-state index contributed by atoms with van der Waals surface area (Å²) in [4.78, 5) is 16.1. The number of nitriles is 1. The fourth-order valence-electron chi connectivity index (χ4n) is 2.16. The maximum atomic E-state index is 11.9. The lowest BCUT2D eigenvalue weighted by molar-refractivity contribution is -0.118. The monoisotopic (exact) mass is 303 g/mol. The molecule has 0 saturated heterocycles. The van der Waals surface area contributed by atoms with Gasteiger partial charge in [0.2, 0.25) is 0 Å². The number of hydrogen-bond donors (Lipinski definition) is 1. The molecule has 112 valence electrons. The molecule has 0 bridgehead atoms. The molecule has 0 saturated carbocycles. The second-order valence-electron chi connectivity index (χ2n) is 4.89. The predicted molar refractivity (Wildman–Crippen MR) is 87.0 cm³/mol. The molecule has 0 unspecified atom stereocenters. The van der Waals surface area contributed by atoms with E-state index in [0.717, 1.165) is 10.9 Å². The molecule has 3 aromatic rings. The van der Waals surface area contributed by atoms with E-state index in [2.05, 4.69) is 10.3 Å². The van der Waals surface area contributed by atoms with Crippen LogP contribution in [0.3, 0.4) is 0 Å². The number of ether oxygens (including phenoxy) is 1. The molecule has 5 heteroatoms. The standard InChI is InChI=1S/C18H13N3O2/c19-11-13-3-1-5-15(9-13)21-18(22)12-23-16-6-7-17-14(10-16)4-2-8-20-17/h1-10H,12H2,(H,21,22). The van der Waals surface area contributed by atoms with Crippen LogP contribution in [0, 0.1) is 11.3 Å². The van der Waals surface area contributed by atoms with E-state index < -0.39 is 0 Å². The lowest BCUT2D eigenvalue weighted by Crippen LogP contribution is -2.20. The number of fused-ring (bicyclic) bond motifs is 1. The van der Waals surface area contributed by atoms with E-state index in [1.54, 1.807) is 36.5 Å². The topological polar surface area (TPSA) is 75.0 Å². The van der Waals surface area contributed by atoms with Crippen LogP contribution < -0.4 is 10.1 Å². The van der Waals surface area contributed by atoms with Crippen LogP contribution in [0.15, 0.2) is 60.8 Å². The average Bonchev–Trinajstić information content (AvgIpc) is 2.60. The highest BCUT2D eigenvalue weighted by Crippen LogP contribution is 2.19. The van der Waals surface area contributed by atoms with E-state index >= 15 is 0 Å². The normalized spacial score (nSPS) is 10.0. The third kappa shape index (κ3) is 3.63. The Bertz CT molecular complexity index is 900. The van der Waals surface area contributed by atoms with Crippen molar-refractivity contribution in [2.75, 3.05) is 11.9 Å². The Morgan fingerprint density at radius 3 is 2.96 bits per heavy atom. The van der Waals surface area contributed by atoms with Gasteiger partial charge in [0, 0.05) is 17.3 Å². The Morgan fingerprint density at radius 1 is 1.17 bits per heavy atom. The van der Waals surface area contributed by atoms with Crippen molar-refractivity contribution in [3.05, 3.63) is 66.4 Å². The number of amides is 1. The molecule has 0 aliphatic heterocycles.